The van der Waals surface area contributed by atoms with E-state index in [2.05, 4.69) is 16.7 Å². The molecular weight excluding hydrogens is 396 g/mol. The molecule has 1 fully saturated rings. The summed E-state index contributed by atoms with van der Waals surface area (Å²) in [4.78, 5) is 17.7. The number of rotatable bonds is 6. The maximum absolute atomic E-state index is 13.0. The van der Waals surface area contributed by atoms with Crippen LogP contribution in [0.15, 0.2) is 36.1 Å². The van der Waals surface area contributed by atoms with Gasteiger partial charge in [0.15, 0.2) is 5.76 Å². The summed E-state index contributed by atoms with van der Waals surface area (Å²) in [6, 6.07) is 8.56. The molecule has 31 heavy (non-hydrogen) atoms. The minimum atomic E-state index is -0.211. The third kappa shape index (κ3) is 4.24. The molecule has 2 aromatic carbocycles. The van der Waals surface area contributed by atoms with Crippen molar-refractivity contribution in [2.24, 2.45) is 0 Å². The first-order valence-electron chi connectivity index (χ1n) is 10.5. The van der Waals surface area contributed by atoms with Crippen LogP contribution in [0.1, 0.15) is 28.4 Å². The molecule has 0 bridgehead atoms. The Hall–Kier alpha value is -3.03. The van der Waals surface area contributed by atoms with Crippen LogP contribution >= 0.6 is 0 Å². The SMILES string of the molecule is CCN1CCN(Cc2c(O)ccc3c2O/C(=C\c2cc(OC)ccc2OC)C3=O)CC1. The largest absolute Gasteiger partial charge is 0.507 e. The van der Waals surface area contributed by atoms with E-state index in [4.69, 9.17) is 14.2 Å². The van der Waals surface area contributed by atoms with E-state index in [-0.39, 0.29) is 17.3 Å². The lowest BCUT2D eigenvalue weighted by molar-refractivity contribution is 0.101. The van der Waals surface area contributed by atoms with Gasteiger partial charge in [-0.3, -0.25) is 9.69 Å². The van der Waals surface area contributed by atoms with E-state index in [1.54, 1.807) is 50.6 Å². The number of methoxy groups -OCH3 is 2. The van der Waals surface area contributed by atoms with Gasteiger partial charge in [-0.05, 0) is 43.0 Å². The minimum Gasteiger partial charge on any atom is -0.507 e. The van der Waals surface area contributed by atoms with E-state index in [9.17, 15) is 9.90 Å². The molecule has 1 N–H and O–H groups in total. The first kappa shape index (κ1) is 21.2. The van der Waals surface area contributed by atoms with Crippen molar-refractivity contribution >= 4 is 11.9 Å². The fourth-order valence-corrected chi connectivity index (χ4v) is 4.03. The molecule has 1 saturated heterocycles. The number of phenols is 1. The van der Waals surface area contributed by atoms with E-state index in [0.717, 1.165) is 32.7 Å². The van der Waals surface area contributed by atoms with Crippen molar-refractivity contribution in [3.8, 4) is 23.0 Å². The predicted molar refractivity (Wildman–Crippen MR) is 118 cm³/mol. The number of carbonyl (C=O) groups is 1. The van der Waals surface area contributed by atoms with Crippen molar-refractivity contribution in [1.82, 2.24) is 9.80 Å². The number of carbonyl (C=O) groups excluding carboxylic acids is 1. The number of ether oxygens (including phenoxy) is 3. The Morgan fingerprint density at radius 2 is 1.81 bits per heavy atom. The molecule has 2 heterocycles. The zero-order valence-corrected chi connectivity index (χ0v) is 18.2. The summed E-state index contributed by atoms with van der Waals surface area (Å²) in [6.07, 6.45) is 1.66. The number of hydrogen-bond acceptors (Lipinski definition) is 7. The summed E-state index contributed by atoms with van der Waals surface area (Å²) in [6.45, 7) is 7.55. The van der Waals surface area contributed by atoms with E-state index >= 15 is 0 Å². The van der Waals surface area contributed by atoms with Gasteiger partial charge in [-0.25, -0.2) is 0 Å². The second-order valence-electron chi connectivity index (χ2n) is 7.70. The Morgan fingerprint density at radius 3 is 2.48 bits per heavy atom. The molecule has 2 aliphatic rings. The van der Waals surface area contributed by atoms with Crippen LogP contribution in [0.3, 0.4) is 0 Å². The van der Waals surface area contributed by atoms with Crippen LogP contribution in [0.25, 0.3) is 6.08 Å². The summed E-state index contributed by atoms with van der Waals surface area (Å²) < 4.78 is 16.7. The molecule has 0 amide bonds. The Balaban J connectivity index is 1.62. The molecule has 164 valence electrons. The van der Waals surface area contributed by atoms with Gasteiger partial charge >= 0.3 is 0 Å². The topological polar surface area (TPSA) is 71.5 Å². The molecular formula is C24H28N2O5. The summed E-state index contributed by atoms with van der Waals surface area (Å²) in [5, 5.41) is 10.5. The molecule has 0 radical (unpaired) electrons. The highest BCUT2D eigenvalue weighted by atomic mass is 16.5. The summed E-state index contributed by atoms with van der Waals surface area (Å²) in [5.41, 5.74) is 1.80. The molecule has 0 atom stereocenters. The van der Waals surface area contributed by atoms with Gasteiger partial charge < -0.3 is 24.2 Å². The number of nitrogens with zero attached hydrogens (tertiary/aromatic N) is 2. The number of piperazine rings is 1. The molecule has 0 saturated carbocycles. The van der Waals surface area contributed by atoms with Crippen molar-refractivity contribution in [3.05, 3.63) is 52.8 Å². The average Bonchev–Trinajstić information content (AvgIpc) is 3.11. The van der Waals surface area contributed by atoms with Crippen LogP contribution in [0, 0.1) is 0 Å². The number of allylic oxidation sites excluding steroid dienone is 1. The maximum Gasteiger partial charge on any atom is 0.231 e. The molecule has 0 aliphatic carbocycles. The molecule has 0 aromatic heterocycles. The van der Waals surface area contributed by atoms with E-state index < -0.39 is 0 Å². The third-order valence-electron chi connectivity index (χ3n) is 5.93. The Kier molecular flexibility index (Phi) is 6.15. The van der Waals surface area contributed by atoms with Crippen molar-refractivity contribution in [3.63, 3.8) is 0 Å². The number of phenolic OH excluding ortho intramolecular Hbond substituents is 1. The highest BCUT2D eigenvalue weighted by molar-refractivity contribution is 6.15. The number of Topliss-reactive ketones (excluding diaryl/α,β-unsaturated/α-hetero) is 1. The molecule has 7 nitrogen and oxygen atoms in total. The fourth-order valence-electron chi connectivity index (χ4n) is 4.03. The van der Waals surface area contributed by atoms with Gasteiger partial charge in [0.25, 0.3) is 0 Å². The van der Waals surface area contributed by atoms with Crippen LogP contribution < -0.4 is 14.2 Å². The van der Waals surface area contributed by atoms with Gasteiger partial charge in [-0.15, -0.1) is 0 Å². The van der Waals surface area contributed by atoms with E-state index in [0.29, 0.717) is 40.5 Å². The molecule has 4 rings (SSSR count). The van der Waals surface area contributed by atoms with Gasteiger partial charge in [0.1, 0.15) is 23.0 Å². The second-order valence-corrected chi connectivity index (χ2v) is 7.70. The number of benzene rings is 2. The molecule has 0 spiro atoms. The summed E-state index contributed by atoms with van der Waals surface area (Å²) in [5.74, 6) is 1.83. The van der Waals surface area contributed by atoms with Gasteiger partial charge in [-0.1, -0.05) is 6.92 Å². The van der Waals surface area contributed by atoms with Crippen LogP contribution in [-0.4, -0.2) is 67.6 Å². The molecule has 2 aliphatic heterocycles. The Morgan fingerprint density at radius 1 is 1.06 bits per heavy atom. The zero-order valence-electron chi connectivity index (χ0n) is 18.2. The lowest BCUT2D eigenvalue weighted by Crippen LogP contribution is -2.45. The fraction of sp³-hybridized carbons (Fsp3) is 0.375. The highest BCUT2D eigenvalue weighted by Gasteiger charge is 2.32. The maximum atomic E-state index is 13.0. The van der Waals surface area contributed by atoms with Crippen LogP contribution in [0.2, 0.25) is 0 Å². The van der Waals surface area contributed by atoms with E-state index in [1.165, 1.54) is 0 Å². The van der Waals surface area contributed by atoms with Gasteiger partial charge in [0, 0.05) is 38.3 Å². The van der Waals surface area contributed by atoms with Gasteiger partial charge in [0.2, 0.25) is 5.78 Å². The molecule has 0 unspecified atom stereocenters. The highest BCUT2D eigenvalue weighted by Crippen LogP contribution is 2.41. The van der Waals surface area contributed by atoms with Crippen molar-refractivity contribution in [2.45, 2.75) is 13.5 Å². The third-order valence-corrected chi connectivity index (χ3v) is 5.93. The second kappa shape index (κ2) is 8.99. The van der Waals surface area contributed by atoms with Crippen molar-refractivity contribution in [1.29, 1.82) is 0 Å². The zero-order chi connectivity index (χ0) is 22.0. The standard InChI is InChI=1S/C24H28N2O5/c1-4-25-9-11-26(12-10-25)15-19-20(27)7-6-18-23(28)22(31-24(18)19)14-16-13-17(29-2)5-8-21(16)30-3/h5-8,13-14,27H,4,9-12,15H2,1-3H3/b22-14-. The van der Waals surface area contributed by atoms with Gasteiger partial charge in [0.05, 0.1) is 25.3 Å². The predicted octanol–water partition coefficient (Wildman–Crippen LogP) is 3.16. The number of aromatic hydroxyl groups is 1. The minimum absolute atomic E-state index is 0.143. The Labute approximate surface area is 182 Å². The lowest BCUT2D eigenvalue weighted by Gasteiger charge is -2.34. The Bertz CT molecular complexity index is 1010. The molecule has 2 aromatic rings. The monoisotopic (exact) mass is 424 g/mol. The first-order chi connectivity index (χ1) is 15.0. The van der Waals surface area contributed by atoms with Gasteiger partial charge in [-0.2, -0.15) is 0 Å². The normalized spacial score (nSPS) is 18.2. The quantitative estimate of drug-likeness (QED) is 0.714. The van der Waals surface area contributed by atoms with Crippen LogP contribution in [0.5, 0.6) is 23.0 Å². The van der Waals surface area contributed by atoms with E-state index in [1.807, 2.05) is 0 Å². The smallest absolute Gasteiger partial charge is 0.231 e. The summed E-state index contributed by atoms with van der Waals surface area (Å²) in [7, 11) is 3.16. The van der Waals surface area contributed by atoms with Crippen molar-refractivity contribution < 1.29 is 24.1 Å². The first-order valence-corrected chi connectivity index (χ1v) is 10.5. The molecule has 7 heteroatoms. The number of likely N-dealkylation sites (N-methyl/N-ethyl adjacent to an activating group) is 1. The lowest BCUT2D eigenvalue weighted by atomic mass is 10.0. The number of hydrogen-bond donors (Lipinski definition) is 1. The van der Waals surface area contributed by atoms with Crippen LogP contribution in [-0.2, 0) is 6.54 Å². The average molecular weight is 424 g/mol. The number of ketones is 1. The van der Waals surface area contributed by atoms with Crippen molar-refractivity contribution in [2.75, 3.05) is 46.9 Å². The van der Waals surface area contributed by atoms with Crippen LogP contribution in [0.4, 0.5) is 0 Å². The summed E-state index contributed by atoms with van der Waals surface area (Å²) >= 11 is 0. The number of fused-ring (bicyclic) bond motifs is 1.